The molecule has 0 spiro atoms. The zero-order chi connectivity index (χ0) is 12.8. The molecule has 0 saturated heterocycles. The van der Waals surface area contributed by atoms with Crippen molar-refractivity contribution >= 4 is 11.6 Å². The topological polar surface area (TPSA) is 34.1 Å². The van der Waals surface area contributed by atoms with Crippen LogP contribution >= 0.6 is 0 Å². The van der Waals surface area contributed by atoms with Crippen LogP contribution in [0.15, 0.2) is 24.3 Å². The molecule has 2 nitrogen and oxygen atoms in total. The van der Waals surface area contributed by atoms with Crippen LogP contribution in [-0.2, 0) is 4.79 Å². The number of benzene rings is 1. The van der Waals surface area contributed by atoms with Crippen molar-refractivity contribution in [2.24, 2.45) is 0 Å². The Balaban J connectivity index is 2.72. The number of rotatable bonds is 6. The number of carbonyl (C=O) groups is 2. The van der Waals surface area contributed by atoms with E-state index in [1.165, 1.54) is 6.07 Å². The third-order valence-corrected chi connectivity index (χ3v) is 2.59. The molecule has 0 radical (unpaired) electrons. The number of unbranched alkanes of at least 4 members (excludes halogenated alkanes) is 1. The summed E-state index contributed by atoms with van der Waals surface area (Å²) in [7, 11) is 0. The zero-order valence-corrected chi connectivity index (χ0v) is 10.2. The van der Waals surface area contributed by atoms with E-state index in [4.69, 9.17) is 0 Å². The fourth-order valence-corrected chi connectivity index (χ4v) is 1.57. The third kappa shape index (κ3) is 3.77. The summed E-state index contributed by atoms with van der Waals surface area (Å²) in [5.74, 6) is -1.34. The van der Waals surface area contributed by atoms with Crippen LogP contribution in [0.3, 0.4) is 0 Å². The summed E-state index contributed by atoms with van der Waals surface area (Å²) in [6, 6.07) is 6.64. The molecule has 0 N–H and O–H groups in total. The number of carbonyl (C=O) groups excluding carboxylic acids is 2. The van der Waals surface area contributed by atoms with Crippen LogP contribution in [0.5, 0.6) is 0 Å². The van der Waals surface area contributed by atoms with Crippen LogP contribution in [0.25, 0.3) is 0 Å². The maximum Gasteiger partial charge on any atom is 0.220 e. The lowest BCUT2D eigenvalue weighted by Crippen LogP contribution is -2.25. The van der Waals surface area contributed by atoms with Crippen molar-refractivity contribution in [3.8, 4) is 0 Å². The molecule has 17 heavy (non-hydrogen) atoms. The van der Waals surface area contributed by atoms with Gasteiger partial charge in [-0.15, -0.1) is 0 Å². The molecular formula is C14H17FO2. The molecule has 0 aliphatic rings. The lowest BCUT2D eigenvalue weighted by atomic mass is 10.00. The highest BCUT2D eigenvalue weighted by Gasteiger charge is 2.26. The predicted octanol–water partition coefficient (Wildman–Crippen LogP) is 3.28. The van der Waals surface area contributed by atoms with Crippen molar-refractivity contribution in [1.29, 1.82) is 0 Å². The Morgan fingerprint density at radius 2 is 2.06 bits per heavy atom. The minimum absolute atomic E-state index is 0.134. The molecule has 0 amide bonds. The highest BCUT2D eigenvalue weighted by atomic mass is 19.1. The van der Waals surface area contributed by atoms with Gasteiger partial charge < -0.3 is 0 Å². The van der Waals surface area contributed by atoms with Crippen molar-refractivity contribution < 1.29 is 14.0 Å². The maximum atomic E-state index is 13.6. The Kier molecular flexibility index (Phi) is 5.01. The van der Waals surface area contributed by atoms with Crippen LogP contribution in [0.2, 0.25) is 0 Å². The molecule has 0 aromatic heterocycles. The molecule has 0 fully saturated rings. The summed E-state index contributed by atoms with van der Waals surface area (Å²) >= 11 is 0. The standard InChI is InChI=1S/C14H17FO2/c1-3-4-8-12(16)13(15)14(17)11-7-5-6-10(2)9-11/h5-7,9,13H,3-4,8H2,1-2H3. The van der Waals surface area contributed by atoms with E-state index in [0.29, 0.717) is 6.42 Å². The van der Waals surface area contributed by atoms with Gasteiger partial charge in [0.05, 0.1) is 0 Å². The summed E-state index contributed by atoms with van der Waals surface area (Å²) in [5.41, 5.74) is 1.14. The number of ketones is 2. The second-order valence-electron chi connectivity index (χ2n) is 4.17. The Labute approximate surface area is 101 Å². The molecule has 92 valence electrons. The van der Waals surface area contributed by atoms with Crippen molar-refractivity contribution in [2.45, 2.75) is 39.3 Å². The van der Waals surface area contributed by atoms with E-state index in [0.717, 1.165) is 12.0 Å². The average Bonchev–Trinajstić information content (AvgIpc) is 2.34. The molecule has 1 aromatic rings. The number of halogens is 1. The van der Waals surface area contributed by atoms with Crippen molar-refractivity contribution in [2.75, 3.05) is 0 Å². The fourth-order valence-electron chi connectivity index (χ4n) is 1.57. The van der Waals surface area contributed by atoms with E-state index in [2.05, 4.69) is 0 Å². The van der Waals surface area contributed by atoms with Gasteiger partial charge in [-0.1, -0.05) is 37.1 Å². The molecule has 1 rings (SSSR count). The summed E-state index contributed by atoms with van der Waals surface area (Å²) in [6.07, 6.45) is -0.435. The van der Waals surface area contributed by atoms with E-state index >= 15 is 0 Å². The van der Waals surface area contributed by atoms with Crippen molar-refractivity contribution in [3.05, 3.63) is 35.4 Å². The van der Waals surface area contributed by atoms with Gasteiger partial charge in [0.1, 0.15) is 0 Å². The smallest absolute Gasteiger partial charge is 0.220 e. The Morgan fingerprint density at radius 3 is 2.65 bits per heavy atom. The van der Waals surface area contributed by atoms with Gasteiger partial charge >= 0.3 is 0 Å². The van der Waals surface area contributed by atoms with Crippen LogP contribution in [0, 0.1) is 6.92 Å². The molecule has 0 saturated carbocycles. The van der Waals surface area contributed by atoms with Gasteiger partial charge in [-0.2, -0.15) is 0 Å². The summed E-state index contributed by atoms with van der Waals surface area (Å²) < 4.78 is 13.6. The van der Waals surface area contributed by atoms with Crippen LogP contribution in [-0.4, -0.2) is 17.7 Å². The van der Waals surface area contributed by atoms with Crippen molar-refractivity contribution in [1.82, 2.24) is 0 Å². The minimum atomic E-state index is -2.01. The fraction of sp³-hybridized carbons (Fsp3) is 0.429. The molecule has 0 heterocycles. The van der Waals surface area contributed by atoms with E-state index in [9.17, 15) is 14.0 Å². The molecule has 1 unspecified atom stereocenters. The van der Waals surface area contributed by atoms with Gasteiger partial charge in [0, 0.05) is 12.0 Å². The molecular weight excluding hydrogens is 219 g/mol. The quantitative estimate of drug-likeness (QED) is 0.561. The molecule has 3 heteroatoms. The Bertz CT molecular complexity index is 412. The SMILES string of the molecule is CCCCC(=O)C(F)C(=O)c1cccc(C)c1. The molecule has 0 bridgehead atoms. The predicted molar refractivity (Wildman–Crippen MR) is 64.9 cm³/mol. The molecule has 0 aliphatic carbocycles. The average molecular weight is 236 g/mol. The monoisotopic (exact) mass is 236 g/mol. The van der Waals surface area contributed by atoms with Gasteiger partial charge in [-0.3, -0.25) is 9.59 Å². The summed E-state index contributed by atoms with van der Waals surface area (Å²) in [5, 5.41) is 0. The number of Topliss-reactive ketones (excluding diaryl/α,β-unsaturated/α-hetero) is 2. The van der Waals surface area contributed by atoms with Gasteiger partial charge in [0.25, 0.3) is 0 Å². The first kappa shape index (κ1) is 13.6. The maximum absolute atomic E-state index is 13.6. The van der Waals surface area contributed by atoms with Crippen LogP contribution < -0.4 is 0 Å². The zero-order valence-electron chi connectivity index (χ0n) is 10.2. The Morgan fingerprint density at radius 1 is 1.35 bits per heavy atom. The van der Waals surface area contributed by atoms with E-state index in [1.807, 2.05) is 19.9 Å². The molecule has 0 aliphatic heterocycles. The van der Waals surface area contributed by atoms with E-state index < -0.39 is 17.7 Å². The van der Waals surface area contributed by atoms with Gasteiger partial charge in [-0.25, -0.2) is 4.39 Å². The van der Waals surface area contributed by atoms with Crippen LogP contribution in [0.4, 0.5) is 4.39 Å². The largest absolute Gasteiger partial charge is 0.296 e. The van der Waals surface area contributed by atoms with E-state index in [1.54, 1.807) is 12.1 Å². The normalized spacial score (nSPS) is 12.2. The summed E-state index contributed by atoms with van der Waals surface area (Å²) in [4.78, 5) is 23.1. The third-order valence-electron chi connectivity index (χ3n) is 2.59. The lowest BCUT2D eigenvalue weighted by Gasteiger charge is -2.06. The van der Waals surface area contributed by atoms with Crippen LogP contribution in [0.1, 0.15) is 42.1 Å². The highest BCUT2D eigenvalue weighted by molar-refractivity contribution is 6.13. The number of hydrogen-bond acceptors (Lipinski definition) is 2. The summed E-state index contributed by atoms with van der Waals surface area (Å²) in [6.45, 7) is 3.74. The first-order valence-electron chi connectivity index (χ1n) is 5.84. The first-order valence-corrected chi connectivity index (χ1v) is 5.84. The number of alkyl halides is 1. The van der Waals surface area contributed by atoms with Crippen molar-refractivity contribution in [3.63, 3.8) is 0 Å². The Hall–Kier alpha value is -1.51. The van der Waals surface area contributed by atoms with Gasteiger partial charge in [0.2, 0.25) is 12.0 Å². The minimum Gasteiger partial charge on any atom is -0.296 e. The number of aryl methyl sites for hydroxylation is 1. The second-order valence-corrected chi connectivity index (χ2v) is 4.17. The van der Waals surface area contributed by atoms with Gasteiger partial charge in [-0.05, 0) is 19.4 Å². The highest BCUT2D eigenvalue weighted by Crippen LogP contribution is 2.12. The first-order chi connectivity index (χ1) is 8.06. The van der Waals surface area contributed by atoms with Gasteiger partial charge in [0.15, 0.2) is 5.78 Å². The molecule has 1 atom stereocenters. The number of hydrogen-bond donors (Lipinski definition) is 0. The second kappa shape index (κ2) is 6.28. The molecule has 1 aromatic carbocycles. The van der Waals surface area contributed by atoms with E-state index in [-0.39, 0.29) is 12.0 Å². The lowest BCUT2D eigenvalue weighted by molar-refractivity contribution is -0.122.